The van der Waals surface area contributed by atoms with Crippen molar-refractivity contribution in [3.63, 3.8) is 0 Å². The minimum Gasteiger partial charge on any atom is -0.255 e. The summed E-state index contributed by atoms with van der Waals surface area (Å²) in [4.78, 5) is 2.93. The first-order chi connectivity index (χ1) is 7.18. The average molecular weight is 277 g/mol. The Morgan fingerprint density at radius 2 is 2.06 bits per heavy atom. The van der Waals surface area contributed by atoms with Crippen molar-refractivity contribution in [2.45, 2.75) is 9.79 Å². The second-order valence-corrected chi connectivity index (χ2v) is 5.92. The molecule has 0 saturated carbocycles. The molecule has 5 heteroatoms. The molecule has 1 radical (unpaired) electrons. The SMILES string of the molecule is CS(=O)c1ccc(S)c(-c2cccs2)c1.[Na]. The molecule has 1 aromatic carbocycles. The van der Waals surface area contributed by atoms with Gasteiger partial charge in [-0.05, 0) is 29.6 Å². The zero-order chi connectivity index (χ0) is 10.8. The van der Waals surface area contributed by atoms with Gasteiger partial charge in [0.05, 0.1) is 0 Å². The van der Waals surface area contributed by atoms with E-state index in [1.165, 1.54) is 0 Å². The van der Waals surface area contributed by atoms with Crippen molar-refractivity contribution in [3.05, 3.63) is 35.7 Å². The molecule has 0 aliphatic rings. The molecule has 0 aliphatic heterocycles. The fourth-order valence-electron chi connectivity index (χ4n) is 1.32. The zero-order valence-electron chi connectivity index (χ0n) is 9.14. The van der Waals surface area contributed by atoms with Gasteiger partial charge in [0.2, 0.25) is 0 Å². The van der Waals surface area contributed by atoms with Crippen molar-refractivity contribution in [2.24, 2.45) is 0 Å². The Balaban J connectivity index is 0.00000128. The fourth-order valence-corrected chi connectivity index (χ4v) is 2.96. The molecule has 2 aromatic rings. The van der Waals surface area contributed by atoms with Crippen LogP contribution in [-0.2, 0) is 10.8 Å². The van der Waals surface area contributed by atoms with Crippen LogP contribution in [0.2, 0.25) is 0 Å². The van der Waals surface area contributed by atoms with Crippen LogP contribution in [0.25, 0.3) is 10.4 Å². The number of benzene rings is 1. The first-order valence-electron chi connectivity index (χ1n) is 4.39. The number of hydrogen-bond acceptors (Lipinski definition) is 3. The molecule has 1 unspecified atom stereocenters. The predicted molar refractivity (Wildman–Crippen MR) is 75.1 cm³/mol. The van der Waals surface area contributed by atoms with Gasteiger partial charge < -0.3 is 0 Å². The number of hydrogen-bond donors (Lipinski definition) is 1. The van der Waals surface area contributed by atoms with Crippen LogP contribution in [-0.4, -0.2) is 40.0 Å². The molecule has 1 atom stereocenters. The van der Waals surface area contributed by atoms with Crippen molar-refractivity contribution >= 4 is 64.3 Å². The molecule has 1 aromatic heterocycles. The van der Waals surface area contributed by atoms with Gasteiger partial charge in [-0.25, -0.2) is 0 Å². The second-order valence-electron chi connectivity index (χ2n) is 3.11. The van der Waals surface area contributed by atoms with E-state index in [-0.39, 0.29) is 29.6 Å². The van der Waals surface area contributed by atoms with Gasteiger partial charge in [0.25, 0.3) is 0 Å². The third kappa shape index (κ3) is 3.22. The molecule has 1 heterocycles. The van der Waals surface area contributed by atoms with Crippen LogP contribution in [0.15, 0.2) is 45.5 Å². The molecule has 0 saturated heterocycles. The smallest absolute Gasteiger partial charge is 0.0498 e. The van der Waals surface area contributed by atoms with Crippen LogP contribution in [0.5, 0.6) is 0 Å². The Morgan fingerprint density at radius 1 is 1.31 bits per heavy atom. The van der Waals surface area contributed by atoms with Gasteiger partial charge in [0, 0.05) is 66.8 Å². The van der Waals surface area contributed by atoms with Crippen LogP contribution >= 0.6 is 24.0 Å². The molecule has 0 spiro atoms. The minimum absolute atomic E-state index is 0. The third-order valence-corrected chi connectivity index (χ3v) is 4.30. The van der Waals surface area contributed by atoms with E-state index in [9.17, 15) is 4.21 Å². The summed E-state index contributed by atoms with van der Waals surface area (Å²) in [5.41, 5.74) is 1.06. The Kier molecular flexibility index (Phi) is 5.77. The van der Waals surface area contributed by atoms with E-state index in [2.05, 4.69) is 12.6 Å². The quantitative estimate of drug-likeness (QED) is 0.659. The molecule has 0 bridgehead atoms. The van der Waals surface area contributed by atoms with Crippen LogP contribution in [0.4, 0.5) is 0 Å². The summed E-state index contributed by atoms with van der Waals surface area (Å²) >= 11 is 6.07. The number of rotatable bonds is 2. The molecular weight excluding hydrogens is 267 g/mol. The summed E-state index contributed by atoms with van der Waals surface area (Å²) in [6.45, 7) is 0. The molecule has 1 nitrogen and oxygen atoms in total. The monoisotopic (exact) mass is 277 g/mol. The van der Waals surface area contributed by atoms with Gasteiger partial charge >= 0.3 is 0 Å². The van der Waals surface area contributed by atoms with E-state index in [4.69, 9.17) is 0 Å². The fraction of sp³-hybridized carbons (Fsp3) is 0.0909. The van der Waals surface area contributed by atoms with E-state index in [1.54, 1.807) is 17.6 Å². The van der Waals surface area contributed by atoms with Crippen LogP contribution in [0.3, 0.4) is 0 Å². The molecule has 0 fully saturated rings. The largest absolute Gasteiger partial charge is 0.255 e. The summed E-state index contributed by atoms with van der Waals surface area (Å²) in [7, 11) is -0.938. The van der Waals surface area contributed by atoms with Gasteiger partial charge in [-0.1, -0.05) is 6.07 Å². The Hall–Kier alpha value is 0.420. The van der Waals surface area contributed by atoms with Crippen LogP contribution < -0.4 is 0 Å². The van der Waals surface area contributed by atoms with Gasteiger partial charge in [0.15, 0.2) is 0 Å². The first kappa shape index (κ1) is 14.5. The van der Waals surface area contributed by atoms with Crippen molar-refractivity contribution in [3.8, 4) is 10.4 Å². The third-order valence-electron chi connectivity index (χ3n) is 2.09. The zero-order valence-corrected chi connectivity index (χ0v) is 13.7. The van der Waals surface area contributed by atoms with Crippen LogP contribution in [0, 0.1) is 0 Å². The summed E-state index contributed by atoms with van der Waals surface area (Å²) < 4.78 is 11.4. The molecule has 0 amide bonds. The summed E-state index contributed by atoms with van der Waals surface area (Å²) in [6.07, 6.45) is 1.69. The molecule has 16 heavy (non-hydrogen) atoms. The maximum absolute atomic E-state index is 11.4. The van der Waals surface area contributed by atoms with Crippen molar-refractivity contribution in [1.82, 2.24) is 0 Å². The van der Waals surface area contributed by atoms with Gasteiger partial charge in [0.1, 0.15) is 0 Å². The molecule has 0 N–H and O–H groups in total. The van der Waals surface area contributed by atoms with Gasteiger partial charge in [-0.3, -0.25) is 4.21 Å². The molecule has 0 aliphatic carbocycles. The van der Waals surface area contributed by atoms with E-state index in [0.29, 0.717) is 0 Å². The minimum atomic E-state index is -0.938. The normalized spacial score (nSPS) is 11.9. The number of thiol groups is 1. The summed E-state index contributed by atoms with van der Waals surface area (Å²) in [5, 5.41) is 2.03. The standard InChI is InChI=1S/C11H10OS3.Na/c1-15(12)8-4-5-10(13)9(7-8)11-3-2-6-14-11;/h2-7,13H,1H3;. The average Bonchev–Trinajstić information content (AvgIpc) is 2.71. The first-order valence-corrected chi connectivity index (χ1v) is 7.27. The summed E-state index contributed by atoms with van der Waals surface area (Å²) in [5.74, 6) is 0. The van der Waals surface area contributed by atoms with E-state index in [1.807, 2.05) is 35.7 Å². The summed E-state index contributed by atoms with van der Waals surface area (Å²) in [6, 6.07) is 9.75. The van der Waals surface area contributed by atoms with E-state index >= 15 is 0 Å². The van der Waals surface area contributed by atoms with Crippen molar-refractivity contribution < 1.29 is 4.21 Å². The van der Waals surface area contributed by atoms with Gasteiger partial charge in [-0.15, -0.1) is 24.0 Å². The van der Waals surface area contributed by atoms with E-state index < -0.39 is 10.8 Å². The molecular formula is C11H10NaOS3. The Labute approximate surface area is 129 Å². The Bertz CT molecular complexity index is 494. The number of thiophene rings is 1. The Morgan fingerprint density at radius 3 is 2.62 bits per heavy atom. The van der Waals surface area contributed by atoms with E-state index in [0.717, 1.165) is 20.2 Å². The van der Waals surface area contributed by atoms with Crippen LogP contribution in [0.1, 0.15) is 0 Å². The molecule has 79 valence electrons. The molecule has 2 rings (SSSR count). The second kappa shape index (κ2) is 6.38. The van der Waals surface area contributed by atoms with Crippen molar-refractivity contribution in [2.75, 3.05) is 6.26 Å². The topological polar surface area (TPSA) is 17.1 Å². The van der Waals surface area contributed by atoms with Gasteiger partial charge in [-0.2, -0.15) is 0 Å². The maximum Gasteiger partial charge on any atom is 0.0498 e. The predicted octanol–water partition coefficient (Wildman–Crippen LogP) is 3.06. The maximum atomic E-state index is 11.4. The van der Waals surface area contributed by atoms with Crippen molar-refractivity contribution in [1.29, 1.82) is 0 Å².